The lowest BCUT2D eigenvalue weighted by Gasteiger charge is -2.39. The van der Waals surface area contributed by atoms with Gasteiger partial charge in [0.1, 0.15) is 5.82 Å². The summed E-state index contributed by atoms with van der Waals surface area (Å²) < 4.78 is 15.0. The third-order valence-electron chi connectivity index (χ3n) is 4.94. The van der Waals surface area contributed by atoms with E-state index in [2.05, 4.69) is 42.1 Å². The Hall–Kier alpha value is -0.450. The van der Waals surface area contributed by atoms with Crippen molar-refractivity contribution in [2.45, 2.75) is 52.5 Å². The molecule has 2 rings (SSSR count). The van der Waals surface area contributed by atoms with E-state index in [1.165, 1.54) is 18.9 Å². The van der Waals surface area contributed by atoms with Gasteiger partial charge in [0.25, 0.3) is 0 Å². The molecule has 0 spiro atoms. The van der Waals surface area contributed by atoms with Crippen LogP contribution in [0.3, 0.4) is 0 Å². The Balaban J connectivity index is 2.11. The Morgan fingerprint density at radius 3 is 2.38 bits per heavy atom. The van der Waals surface area contributed by atoms with Crippen molar-refractivity contribution in [2.24, 2.45) is 23.1 Å². The summed E-state index contributed by atoms with van der Waals surface area (Å²) in [5.41, 5.74) is 3.88. The highest BCUT2D eigenvalue weighted by atomic mass is 79.9. The fourth-order valence-corrected chi connectivity index (χ4v) is 3.93. The first-order valence-electron chi connectivity index (χ1n) is 7.74. The number of hydrazine groups is 1. The van der Waals surface area contributed by atoms with Crippen molar-refractivity contribution >= 4 is 15.9 Å². The molecule has 1 saturated carbocycles. The molecule has 1 aliphatic carbocycles. The minimum absolute atomic E-state index is 0.108. The highest BCUT2D eigenvalue weighted by molar-refractivity contribution is 9.10. The van der Waals surface area contributed by atoms with Crippen LogP contribution in [0.4, 0.5) is 4.39 Å². The summed E-state index contributed by atoms with van der Waals surface area (Å²) in [6.45, 7) is 6.93. The maximum atomic E-state index is 14.1. The Bertz CT molecular complexity index is 476. The van der Waals surface area contributed by atoms with E-state index < -0.39 is 0 Å². The quantitative estimate of drug-likeness (QED) is 0.594. The zero-order chi connectivity index (χ0) is 15.6. The minimum atomic E-state index is -0.181. The number of rotatable bonds is 3. The van der Waals surface area contributed by atoms with E-state index in [0.29, 0.717) is 16.9 Å². The maximum Gasteiger partial charge on any atom is 0.128 e. The van der Waals surface area contributed by atoms with Crippen LogP contribution in [0.5, 0.6) is 0 Å². The SMILES string of the molecule is CC(C)(C)C1CCC(C(NN)c2cc(Br)ccc2F)CC1. The molecule has 21 heavy (non-hydrogen) atoms. The molecule has 4 heteroatoms. The number of nitrogens with two attached hydrogens (primary N) is 1. The van der Waals surface area contributed by atoms with Crippen LogP contribution in [-0.2, 0) is 0 Å². The Morgan fingerprint density at radius 2 is 1.86 bits per heavy atom. The highest BCUT2D eigenvalue weighted by Gasteiger charge is 2.33. The van der Waals surface area contributed by atoms with Gasteiger partial charge in [0, 0.05) is 10.0 Å². The van der Waals surface area contributed by atoms with E-state index in [4.69, 9.17) is 5.84 Å². The zero-order valence-corrected chi connectivity index (χ0v) is 14.7. The lowest BCUT2D eigenvalue weighted by Crippen LogP contribution is -2.37. The van der Waals surface area contributed by atoms with Crippen molar-refractivity contribution in [3.05, 3.63) is 34.1 Å². The molecule has 2 nitrogen and oxygen atoms in total. The van der Waals surface area contributed by atoms with Gasteiger partial charge >= 0.3 is 0 Å². The molecule has 0 amide bonds. The van der Waals surface area contributed by atoms with Crippen LogP contribution in [-0.4, -0.2) is 0 Å². The third-order valence-corrected chi connectivity index (χ3v) is 5.43. The smallest absolute Gasteiger partial charge is 0.128 e. The average Bonchev–Trinajstić information content (AvgIpc) is 2.43. The van der Waals surface area contributed by atoms with Gasteiger partial charge in [-0.25, -0.2) is 4.39 Å². The van der Waals surface area contributed by atoms with Gasteiger partial charge in [0.15, 0.2) is 0 Å². The summed E-state index contributed by atoms with van der Waals surface area (Å²) in [4.78, 5) is 0. The highest BCUT2D eigenvalue weighted by Crippen LogP contribution is 2.43. The van der Waals surface area contributed by atoms with Crippen molar-refractivity contribution < 1.29 is 4.39 Å². The molecule has 0 heterocycles. The van der Waals surface area contributed by atoms with Crippen molar-refractivity contribution in [1.29, 1.82) is 0 Å². The van der Waals surface area contributed by atoms with Crippen molar-refractivity contribution in [3.63, 3.8) is 0 Å². The van der Waals surface area contributed by atoms with Crippen LogP contribution in [0.25, 0.3) is 0 Å². The summed E-state index contributed by atoms with van der Waals surface area (Å²) in [5.74, 6) is 6.71. The van der Waals surface area contributed by atoms with E-state index >= 15 is 0 Å². The standard InChI is InChI=1S/C17H26BrFN2/c1-17(2,3)12-6-4-11(5-7-12)16(21-20)14-10-13(18)8-9-15(14)19/h8-12,16,21H,4-7,20H2,1-3H3. The predicted molar refractivity (Wildman–Crippen MR) is 89.1 cm³/mol. The molecule has 0 bridgehead atoms. The van der Waals surface area contributed by atoms with E-state index in [1.807, 2.05) is 6.07 Å². The molecular weight excluding hydrogens is 331 g/mol. The summed E-state index contributed by atoms with van der Waals surface area (Å²) >= 11 is 3.42. The average molecular weight is 357 g/mol. The molecule has 118 valence electrons. The first-order valence-corrected chi connectivity index (χ1v) is 8.53. The van der Waals surface area contributed by atoms with Gasteiger partial charge < -0.3 is 0 Å². The van der Waals surface area contributed by atoms with Gasteiger partial charge in [-0.2, -0.15) is 0 Å². The van der Waals surface area contributed by atoms with Gasteiger partial charge in [0.2, 0.25) is 0 Å². The molecule has 0 aromatic heterocycles. The molecule has 1 aromatic rings. The van der Waals surface area contributed by atoms with Gasteiger partial charge in [-0.15, -0.1) is 0 Å². The number of nitrogens with one attached hydrogen (secondary N) is 1. The molecular formula is C17H26BrFN2. The first kappa shape index (κ1) is 16.9. The van der Waals surface area contributed by atoms with E-state index in [0.717, 1.165) is 23.2 Å². The summed E-state index contributed by atoms with van der Waals surface area (Å²) in [6.07, 6.45) is 4.59. The monoisotopic (exact) mass is 356 g/mol. The lowest BCUT2D eigenvalue weighted by molar-refractivity contribution is 0.132. The predicted octanol–water partition coefficient (Wildman–Crippen LogP) is 4.95. The van der Waals surface area contributed by atoms with Crippen LogP contribution >= 0.6 is 15.9 Å². The Kier molecular flexibility index (Phi) is 5.44. The zero-order valence-electron chi connectivity index (χ0n) is 13.1. The number of hydrogen-bond donors (Lipinski definition) is 2. The summed E-state index contributed by atoms with van der Waals surface area (Å²) in [7, 11) is 0. The molecule has 3 N–H and O–H groups in total. The second-order valence-electron chi connectivity index (χ2n) is 7.29. The topological polar surface area (TPSA) is 38.0 Å². The van der Waals surface area contributed by atoms with Crippen LogP contribution in [0.2, 0.25) is 0 Å². The number of halogens is 2. The Morgan fingerprint density at radius 1 is 1.24 bits per heavy atom. The molecule has 0 saturated heterocycles. The molecule has 1 aromatic carbocycles. The molecule has 1 aliphatic rings. The maximum absolute atomic E-state index is 14.1. The lowest BCUT2D eigenvalue weighted by atomic mass is 9.68. The molecule has 0 aliphatic heterocycles. The normalized spacial score (nSPS) is 24.9. The number of hydrogen-bond acceptors (Lipinski definition) is 2. The van der Waals surface area contributed by atoms with Crippen LogP contribution in [0, 0.1) is 23.1 Å². The molecule has 1 atom stereocenters. The fraction of sp³-hybridized carbons (Fsp3) is 0.647. The second kappa shape index (κ2) is 6.76. The van der Waals surface area contributed by atoms with Gasteiger partial charge in [0.05, 0.1) is 6.04 Å². The van der Waals surface area contributed by atoms with Crippen molar-refractivity contribution in [1.82, 2.24) is 5.43 Å². The summed E-state index contributed by atoms with van der Waals surface area (Å²) in [6, 6.07) is 4.96. The van der Waals surface area contributed by atoms with Crippen LogP contribution < -0.4 is 11.3 Å². The van der Waals surface area contributed by atoms with Crippen LogP contribution in [0.15, 0.2) is 22.7 Å². The van der Waals surface area contributed by atoms with Crippen molar-refractivity contribution in [3.8, 4) is 0 Å². The van der Waals surface area contributed by atoms with Gasteiger partial charge in [-0.3, -0.25) is 11.3 Å². The van der Waals surface area contributed by atoms with Crippen molar-refractivity contribution in [2.75, 3.05) is 0 Å². The van der Waals surface area contributed by atoms with E-state index in [-0.39, 0.29) is 11.9 Å². The van der Waals surface area contributed by atoms with E-state index in [9.17, 15) is 4.39 Å². The molecule has 0 radical (unpaired) electrons. The third kappa shape index (κ3) is 4.05. The minimum Gasteiger partial charge on any atom is -0.271 e. The molecule has 1 fully saturated rings. The Labute approximate surface area is 135 Å². The largest absolute Gasteiger partial charge is 0.271 e. The fourth-order valence-electron chi connectivity index (χ4n) is 3.55. The van der Waals surface area contributed by atoms with Crippen LogP contribution in [0.1, 0.15) is 58.1 Å². The van der Waals surface area contributed by atoms with Gasteiger partial charge in [-0.1, -0.05) is 36.7 Å². The first-order chi connectivity index (χ1) is 9.82. The second-order valence-corrected chi connectivity index (χ2v) is 8.20. The number of benzene rings is 1. The summed E-state index contributed by atoms with van der Waals surface area (Å²) in [5, 5.41) is 0. The van der Waals surface area contributed by atoms with Gasteiger partial charge in [-0.05, 0) is 61.1 Å². The molecule has 1 unspecified atom stereocenters. The van der Waals surface area contributed by atoms with E-state index in [1.54, 1.807) is 6.07 Å².